The molecule has 0 aromatic heterocycles. The summed E-state index contributed by atoms with van der Waals surface area (Å²) in [6, 6.07) is 9.20. The summed E-state index contributed by atoms with van der Waals surface area (Å²) in [6.07, 6.45) is -0.674. The van der Waals surface area contributed by atoms with Gasteiger partial charge in [0.2, 0.25) is 0 Å². The lowest BCUT2D eigenvalue weighted by Gasteiger charge is -2.34. The Morgan fingerprint density at radius 2 is 1.76 bits per heavy atom. The SMILES string of the molecule is COC(C(=O)N1CCN(S(N)(=O)=O)CC1)c1ccccc1. The van der Waals surface area contributed by atoms with E-state index in [9.17, 15) is 13.2 Å². The second-order valence-corrected chi connectivity index (χ2v) is 6.34. The predicted molar refractivity (Wildman–Crippen MR) is 77.5 cm³/mol. The molecule has 1 unspecified atom stereocenters. The summed E-state index contributed by atoms with van der Waals surface area (Å²) in [5, 5.41) is 5.08. The Balaban J connectivity index is 2.04. The Bertz CT molecular complexity index is 583. The number of piperazine rings is 1. The molecule has 116 valence electrons. The quantitative estimate of drug-likeness (QED) is 0.827. The fourth-order valence-electron chi connectivity index (χ4n) is 2.34. The van der Waals surface area contributed by atoms with Crippen LogP contribution in [0.15, 0.2) is 30.3 Å². The summed E-state index contributed by atoms with van der Waals surface area (Å²) in [6.45, 7) is 1.02. The number of nitrogens with zero attached hydrogens (tertiary/aromatic N) is 2. The second-order valence-electron chi connectivity index (χ2n) is 4.80. The maximum Gasteiger partial charge on any atom is 0.277 e. The van der Waals surface area contributed by atoms with Crippen LogP contribution in [0.5, 0.6) is 0 Å². The van der Waals surface area contributed by atoms with Gasteiger partial charge in [-0.2, -0.15) is 12.7 Å². The van der Waals surface area contributed by atoms with Gasteiger partial charge >= 0.3 is 0 Å². The fourth-order valence-corrected chi connectivity index (χ4v) is 3.01. The van der Waals surface area contributed by atoms with E-state index in [-0.39, 0.29) is 19.0 Å². The molecule has 0 radical (unpaired) electrons. The van der Waals surface area contributed by atoms with E-state index in [2.05, 4.69) is 0 Å². The first-order chi connectivity index (χ1) is 9.93. The highest BCUT2D eigenvalue weighted by Crippen LogP contribution is 2.20. The molecule has 1 aliphatic heterocycles. The number of hydrogen-bond donors (Lipinski definition) is 1. The summed E-state index contributed by atoms with van der Waals surface area (Å²) in [7, 11) is -2.21. The maximum atomic E-state index is 12.5. The Hall–Kier alpha value is -1.48. The third-order valence-corrected chi connectivity index (χ3v) is 4.56. The van der Waals surface area contributed by atoms with E-state index in [1.54, 1.807) is 4.90 Å². The van der Waals surface area contributed by atoms with E-state index in [1.807, 2.05) is 30.3 Å². The zero-order valence-electron chi connectivity index (χ0n) is 11.8. The number of methoxy groups -OCH3 is 1. The molecule has 21 heavy (non-hydrogen) atoms. The number of rotatable bonds is 4. The largest absolute Gasteiger partial charge is 0.367 e. The van der Waals surface area contributed by atoms with Crippen LogP contribution in [0.25, 0.3) is 0 Å². The van der Waals surface area contributed by atoms with Gasteiger partial charge in [-0.25, -0.2) is 5.14 Å². The molecule has 1 heterocycles. The van der Waals surface area contributed by atoms with Crippen LogP contribution in [-0.4, -0.2) is 56.8 Å². The van der Waals surface area contributed by atoms with Crippen LogP contribution in [0.3, 0.4) is 0 Å². The molecule has 1 atom stereocenters. The second kappa shape index (κ2) is 6.52. The molecule has 1 aromatic rings. The van der Waals surface area contributed by atoms with Gasteiger partial charge in [0.1, 0.15) is 0 Å². The molecule has 1 fully saturated rings. The van der Waals surface area contributed by atoms with Gasteiger partial charge in [-0.05, 0) is 5.56 Å². The summed E-state index contributed by atoms with van der Waals surface area (Å²) in [5.41, 5.74) is 0.777. The number of nitrogens with two attached hydrogens (primary N) is 1. The predicted octanol–water partition coefficient (Wildman–Crippen LogP) is -0.278. The first kappa shape index (κ1) is 15.9. The molecule has 0 spiro atoms. The third kappa shape index (κ3) is 3.79. The van der Waals surface area contributed by atoms with E-state index in [1.165, 1.54) is 11.4 Å². The Morgan fingerprint density at radius 1 is 1.19 bits per heavy atom. The van der Waals surface area contributed by atoms with Crippen LogP contribution in [0.4, 0.5) is 0 Å². The summed E-state index contributed by atoms with van der Waals surface area (Å²) in [5.74, 6) is -0.169. The molecule has 8 heteroatoms. The van der Waals surface area contributed by atoms with Crippen molar-refractivity contribution >= 4 is 16.1 Å². The number of hydrogen-bond acceptors (Lipinski definition) is 4. The van der Waals surface area contributed by atoms with Crippen LogP contribution in [-0.2, 0) is 19.7 Å². The first-order valence-corrected chi connectivity index (χ1v) is 8.08. The lowest BCUT2D eigenvalue weighted by molar-refractivity contribution is -0.143. The van der Waals surface area contributed by atoms with Crippen molar-refractivity contribution in [3.05, 3.63) is 35.9 Å². The number of amides is 1. The van der Waals surface area contributed by atoms with Crippen LogP contribution in [0.1, 0.15) is 11.7 Å². The van der Waals surface area contributed by atoms with Crippen molar-refractivity contribution in [1.82, 2.24) is 9.21 Å². The van der Waals surface area contributed by atoms with Gasteiger partial charge in [0.05, 0.1) is 0 Å². The van der Waals surface area contributed by atoms with Crippen LogP contribution in [0.2, 0.25) is 0 Å². The van der Waals surface area contributed by atoms with Crippen molar-refractivity contribution < 1.29 is 17.9 Å². The molecule has 1 saturated heterocycles. The minimum Gasteiger partial charge on any atom is -0.367 e. The third-order valence-electron chi connectivity index (χ3n) is 3.47. The Morgan fingerprint density at radius 3 is 2.24 bits per heavy atom. The van der Waals surface area contributed by atoms with Gasteiger partial charge in [-0.3, -0.25) is 4.79 Å². The first-order valence-electron chi connectivity index (χ1n) is 6.58. The van der Waals surface area contributed by atoms with E-state index in [0.717, 1.165) is 5.56 Å². The van der Waals surface area contributed by atoms with Gasteiger partial charge in [0.25, 0.3) is 16.1 Å². The van der Waals surface area contributed by atoms with Gasteiger partial charge in [0.15, 0.2) is 6.10 Å². The van der Waals surface area contributed by atoms with Crippen molar-refractivity contribution in [1.29, 1.82) is 0 Å². The molecule has 0 saturated carbocycles. The zero-order chi connectivity index (χ0) is 15.5. The van der Waals surface area contributed by atoms with Crippen molar-refractivity contribution in [3.8, 4) is 0 Å². The fraction of sp³-hybridized carbons (Fsp3) is 0.462. The molecule has 1 aliphatic rings. The van der Waals surface area contributed by atoms with Crippen molar-refractivity contribution in [2.75, 3.05) is 33.3 Å². The molecule has 7 nitrogen and oxygen atoms in total. The molecule has 1 amide bonds. The van der Waals surface area contributed by atoms with Crippen molar-refractivity contribution in [2.24, 2.45) is 5.14 Å². The summed E-state index contributed by atoms with van der Waals surface area (Å²) >= 11 is 0. The molecule has 0 bridgehead atoms. The maximum absolute atomic E-state index is 12.5. The lowest BCUT2D eigenvalue weighted by Crippen LogP contribution is -2.53. The number of benzene rings is 1. The summed E-state index contributed by atoms with van der Waals surface area (Å²) < 4.78 is 29.0. The minimum atomic E-state index is -3.69. The molecule has 2 N–H and O–H groups in total. The van der Waals surface area contributed by atoms with E-state index in [0.29, 0.717) is 13.1 Å². The van der Waals surface area contributed by atoms with E-state index >= 15 is 0 Å². The van der Waals surface area contributed by atoms with Gasteiger partial charge in [-0.15, -0.1) is 0 Å². The molecule has 2 rings (SSSR count). The number of carbonyl (C=O) groups excluding carboxylic acids is 1. The minimum absolute atomic E-state index is 0.169. The highest BCUT2D eigenvalue weighted by molar-refractivity contribution is 7.86. The summed E-state index contributed by atoms with van der Waals surface area (Å²) in [4.78, 5) is 14.1. The van der Waals surface area contributed by atoms with Crippen molar-refractivity contribution in [3.63, 3.8) is 0 Å². The number of carbonyl (C=O) groups is 1. The van der Waals surface area contributed by atoms with Gasteiger partial charge < -0.3 is 9.64 Å². The van der Waals surface area contributed by atoms with Crippen LogP contribution in [0, 0.1) is 0 Å². The van der Waals surface area contributed by atoms with Gasteiger partial charge in [-0.1, -0.05) is 30.3 Å². The lowest BCUT2D eigenvalue weighted by atomic mass is 10.1. The monoisotopic (exact) mass is 313 g/mol. The average molecular weight is 313 g/mol. The topological polar surface area (TPSA) is 92.9 Å². The molecule has 0 aliphatic carbocycles. The van der Waals surface area contributed by atoms with Crippen LogP contribution >= 0.6 is 0 Å². The Labute approximate surface area is 124 Å². The number of ether oxygens (including phenoxy) is 1. The standard InChI is InChI=1S/C13H19N3O4S/c1-20-12(11-5-3-2-4-6-11)13(17)15-7-9-16(10-8-15)21(14,18)19/h2-6,12H,7-10H2,1H3,(H2,14,18,19). The van der Waals surface area contributed by atoms with E-state index in [4.69, 9.17) is 9.88 Å². The van der Waals surface area contributed by atoms with Crippen molar-refractivity contribution in [2.45, 2.75) is 6.10 Å². The average Bonchev–Trinajstić information content (AvgIpc) is 2.48. The highest BCUT2D eigenvalue weighted by atomic mass is 32.2. The van der Waals surface area contributed by atoms with E-state index < -0.39 is 16.3 Å². The van der Waals surface area contributed by atoms with Gasteiger partial charge in [0, 0.05) is 33.3 Å². The normalized spacial score (nSPS) is 18.5. The Kier molecular flexibility index (Phi) is 4.94. The highest BCUT2D eigenvalue weighted by Gasteiger charge is 2.31. The van der Waals surface area contributed by atoms with Crippen LogP contribution < -0.4 is 5.14 Å². The molecular weight excluding hydrogens is 294 g/mol. The molecule has 1 aromatic carbocycles. The smallest absolute Gasteiger partial charge is 0.277 e. The molecular formula is C13H19N3O4S. The zero-order valence-corrected chi connectivity index (χ0v) is 12.6.